The van der Waals surface area contributed by atoms with Gasteiger partial charge in [0.2, 0.25) is 0 Å². The largest absolute Gasteiger partial charge is 0.388 e. The van der Waals surface area contributed by atoms with Crippen molar-refractivity contribution in [3.8, 4) is 0 Å². The molecule has 2 saturated heterocycles. The lowest BCUT2D eigenvalue weighted by atomic mass is 10.1. The van der Waals surface area contributed by atoms with Crippen molar-refractivity contribution in [1.29, 1.82) is 0 Å². The third-order valence-corrected chi connectivity index (χ3v) is 5.34. The number of hydrogen-bond acceptors (Lipinski definition) is 5. The second kappa shape index (κ2) is 8.63. The Morgan fingerprint density at radius 3 is 3.08 bits per heavy atom. The summed E-state index contributed by atoms with van der Waals surface area (Å²) in [4.78, 5) is 14.6. The first-order chi connectivity index (χ1) is 12.5. The number of carbonyl (C=O) groups is 1. The fraction of sp³-hybridized carbons (Fsp3) is 0.611. The molecule has 8 heteroatoms. The number of methoxy groups -OCH3 is 1. The summed E-state index contributed by atoms with van der Waals surface area (Å²) >= 11 is 5.72. The zero-order valence-electron chi connectivity index (χ0n) is 14.7. The third-order valence-electron chi connectivity index (χ3n) is 5.05. The Hall–Kier alpha value is -1.25. The maximum Gasteiger partial charge on any atom is 0.251 e. The van der Waals surface area contributed by atoms with Crippen LogP contribution >= 0.6 is 11.6 Å². The number of carbonyl (C=O) groups excluding carboxylic acids is 1. The molecule has 2 fully saturated rings. The number of aliphatic hydroxyl groups is 1. The number of ether oxygens (including phenoxy) is 2. The molecule has 2 N–H and O–H groups in total. The Bertz CT molecular complexity index is 648. The molecule has 1 amide bonds. The van der Waals surface area contributed by atoms with Crippen molar-refractivity contribution in [3.05, 3.63) is 34.6 Å². The van der Waals surface area contributed by atoms with E-state index in [9.17, 15) is 14.3 Å². The average molecular weight is 387 g/mol. The summed E-state index contributed by atoms with van der Waals surface area (Å²) in [6.07, 6.45) is 0.998. The molecule has 0 aromatic heterocycles. The quantitative estimate of drug-likeness (QED) is 0.774. The molecule has 4 atom stereocenters. The molecule has 144 valence electrons. The third kappa shape index (κ3) is 4.35. The Labute approximate surface area is 157 Å². The van der Waals surface area contributed by atoms with Crippen molar-refractivity contribution in [3.63, 3.8) is 0 Å². The van der Waals surface area contributed by atoms with E-state index in [-0.39, 0.29) is 23.3 Å². The van der Waals surface area contributed by atoms with E-state index in [0.717, 1.165) is 25.5 Å². The van der Waals surface area contributed by atoms with E-state index in [0.29, 0.717) is 19.2 Å². The van der Waals surface area contributed by atoms with Crippen molar-refractivity contribution in [2.75, 3.05) is 33.4 Å². The molecule has 0 saturated carbocycles. The standard InChI is InChI=1S/C18H24ClFN2O4/c1-25-9-12-3-2-6-22(12)8-16-17(23)15(10-26-16)21-18(24)11-4-5-14(20)13(19)7-11/h4-5,7,12,15-17,23H,2-3,6,8-10H2,1H3,(H,21,24). The molecule has 6 nitrogen and oxygen atoms in total. The maximum atomic E-state index is 13.2. The van der Waals surface area contributed by atoms with Gasteiger partial charge in [-0.2, -0.15) is 0 Å². The Morgan fingerprint density at radius 2 is 2.35 bits per heavy atom. The average Bonchev–Trinajstić information content (AvgIpc) is 3.19. The lowest BCUT2D eigenvalue weighted by Crippen LogP contribution is -2.47. The minimum Gasteiger partial charge on any atom is -0.388 e. The van der Waals surface area contributed by atoms with Crippen LogP contribution in [0.4, 0.5) is 4.39 Å². The van der Waals surface area contributed by atoms with Gasteiger partial charge in [0.15, 0.2) is 0 Å². The fourth-order valence-electron chi connectivity index (χ4n) is 3.61. The molecule has 0 bridgehead atoms. The molecule has 1 aromatic rings. The van der Waals surface area contributed by atoms with E-state index in [1.54, 1.807) is 7.11 Å². The number of rotatable bonds is 6. The highest BCUT2D eigenvalue weighted by Gasteiger charge is 2.39. The number of nitrogens with one attached hydrogen (secondary N) is 1. The Balaban J connectivity index is 1.56. The van der Waals surface area contributed by atoms with Crippen molar-refractivity contribution in [2.45, 2.75) is 37.1 Å². The van der Waals surface area contributed by atoms with Crippen LogP contribution in [0, 0.1) is 5.82 Å². The van der Waals surface area contributed by atoms with Gasteiger partial charge in [-0.15, -0.1) is 0 Å². The van der Waals surface area contributed by atoms with Crippen LogP contribution in [-0.4, -0.2) is 73.6 Å². The lowest BCUT2D eigenvalue weighted by molar-refractivity contribution is 0.00456. The van der Waals surface area contributed by atoms with Crippen LogP contribution in [0.2, 0.25) is 5.02 Å². The number of hydrogen-bond donors (Lipinski definition) is 2. The summed E-state index contributed by atoms with van der Waals surface area (Å²) < 4.78 is 24.2. The molecule has 2 heterocycles. The predicted molar refractivity (Wildman–Crippen MR) is 94.9 cm³/mol. The van der Waals surface area contributed by atoms with E-state index in [1.165, 1.54) is 12.1 Å². The van der Waals surface area contributed by atoms with Crippen LogP contribution in [0.1, 0.15) is 23.2 Å². The summed E-state index contributed by atoms with van der Waals surface area (Å²) in [6.45, 7) is 2.44. The second-order valence-corrected chi connectivity index (χ2v) is 7.22. The van der Waals surface area contributed by atoms with Gasteiger partial charge in [0.05, 0.1) is 30.4 Å². The summed E-state index contributed by atoms with van der Waals surface area (Å²) in [6, 6.07) is 3.59. The van der Waals surface area contributed by atoms with Gasteiger partial charge in [0.25, 0.3) is 5.91 Å². The highest BCUT2D eigenvalue weighted by atomic mass is 35.5. The highest BCUT2D eigenvalue weighted by molar-refractivity contribution is 6.31. The SMILES string of the molecule is COCC1CCCN1CC1OCC(NC(=O)c2ccc(F)c(Cl)c2)C1O. The molecule has 0 spiro atoms. The molecule has 3 rings (SSSR count). The number of amides is 1. The Morgan fingerprint density at radius 1 is 1.54 bits per heavy atom. The van der Waals surface area contributed by atoms with Gasteiger partial charge in [-0.25, -0.2) is 4.39 Å². The topological polar surface area (TPSA) is 71.0 Å². The van der Waals surface area contributed by atoms with Crippen molar-refractivity contribution in [1.82, 2.24) is 10.2 Å². The van der Waals surface area contributed by atoms with Gasteiger partial charge in [-0.05, 0) is 37.6 Å². The number of benzene rings is 1. The minimum atomic E-state index is -0.807. The molecular weight excluding hydrogens is 363 g/mol. The fourth-order valence-corrected chi connectivity index (χ4v) is 3.79. The maximum absolute atomic E-state index is 13.2. The van der Waals surface area contributed by atoms with Gasteiger partial charge in [-0.1, -0.05) is 11.6 Å². The summed E-state index contributed by atoms with van der Waals surface area (Å²) in [5, 5.41) is 13.2. The molecule has 0 radical (unpaired) electrons. The molecule has 2 aliphatic heterocycles. The van der Waals surface area contributed by atoms with Crippen LogP contribution in [-0.2, 0) is 9.47 Å². The number of nitrogens with zero attached hydrogens (tertiary/aromatic N) is 1. The zero-order valence-corrected chi connectivity index (χ0v) is 15.4. The summed E-state index contributed by atoms with van der Waals surface area (Å²) in [7, 11) is 1.69. The number of likely N-dealkylation sites (tertiary alicyclic amines) is 1. The number of halogens is 2. The number of aliphatic hydroxyl groups excluding tert-OH is 1. The van der Waals surface area contributed by atoms with Gasteiger partial charge < -0.3 is 19.9 Å². The van der Waals surface area contributed by atoms with E-state index < -0.39 is 23.9 Å². The molecule has 4 unspecified atom stereocenters. The van der Waals surface area contributed by atoms with E-state index in [2.05, 4.69) is 10.2 Å². The summed E-state index contributed by atoms with van der Waals surface area (Å²) in [5.74, 6) is -0.998. The molecular formula is C18H24ClFN2O4. The van der Waals surface area contributed by atoms with Crippen LogP contribution in [0.5, 0.6) is 0 Å². The zero-order chi connectivity index (χ0) is 18.7. The van der Waals surface area contributed by atoms with Gasteiger partial charge in [-0.3, -0.25) is 9.69 Å². The molecule has 1 aromatic carbocycles. The first kappa shape index (κ1) is 19.5. The first-order valence-electron chi connectivity index (χ1n) is 8.78. The monoisotopic (exact) mass is 386 g/mol. The molecule has 0 aliphatic carbocycles. The Kier molecular flexibility index (Phi) is 6.47. The van der Waals surface area contributed by atoms with Crippen LogP contribution in [0.3, 0.4) is 0 Å². The highest BCUT2D eigenvalue weighted by Crippen LogP contribution is 2.23. The van der Waals surface area contributed by atoms with Gasteiger partial charge in [0.1, 0.15) is 11.9 Å². The van der Waals surface area contributed by atoms with E-state index in [1.807, 2.05) is 0 Å². The van der Waals surface area contributed by atoms with Crippen LogP contribution in [0.25, 0.3) is 0 Å². The van der Waals surface area contributed by atoms with Crippen molar-refractivity contribution in [2.24, 2.45) is 0 Å². The van der Waals surface area contributed by atoms with Gasteiger partial charge >= 0.3 is 0 Å². The van der Waals surface area contributed by atoms with Crippen molar-refractivity contribution >= 4 is 17.5 Å². The predicted octanol–water partition coefficient (Wildman–Crippen LogP) is 1.45. The van der Waals surface area contributed by atoms with E-state index >= 15 is 0 Å². The molecule has 2 aliphatic rings. The smallest absolute Gasteiger partial charge is 0.251 e. The van der Waals surface area contributed by atoms with Crippen LogP contribution in [0.15, 0.2) is 18.2 Å². The van der Waals surface area contributed by atoms with E-state index in [4.69, 9.17) is 21.1 Å². The second-order valence-electron chi connectivity index (χ2n) is 6.82. The van der Waals surface area contributed by atoms with Crippen LogP contribution < -0.4 is 5.32 Å². The summed E-state index contributed by atoms with van der Waals surface area (Å²) in [5.41, 5.74) is 0.242. The lowest BCUT2D eigenvalue weighted by Gasteiger charge is -2.28. The molecule has 26 heavy (non-hydrogen) atoms. The minimum absolute atomic E-state index is 0.114. The first-order valence-corrected chi connectivity index (χ1v) is 9.16. The normalized spacial score (nSPS) is 29.2. The van der Waals surface area contributed by atoms with Gasteiger partial charge in [0, 0.05) is 25.3 Å². The van der Waals surface area contributed by atoms with Crippen molar-refractivity contribution < 1.29 is 23.8 Å².